The van der Waals surface area contributed by atoms with Crippen molar-refractivity contribution in [2.45, 2.75) is 52.1 Å². The van der Waals surface area contributed by atoms with Crippen LogP contribution in [0.25, 0.3) is 0 Å². The van der Waals surface area contributed by atoms with Crippen LogP contribution in [-0.2, 0) is 11.2 Å². The Balaban J connectivity index is 1.78. The first-order valence-corrected chi connectivity index (χ1v) is 8.21. The first-order valence-electron chi connectivity index (χ1n) is 8.21. The number of carbonyl (C=O) groups is 1. The Morgan fingerprint density at radius 1 is 1.19 bits per heavy atom. The third-order valence-corrected chi connectivity index (χ3v) is 5.16. The van der Waals surface area contributed by atoms with Crippen molar-refractivity contribution < 1.29 is 4.79 Å². The molecule has 1 aromatic carbocycles. The van der Waals surface area contributed by atoms with Crippen LogP contribution in [0.4, 0.5) is 5.69 Å². The van der Waals surface area contributed by atoms with E-state index in [1.165, 1.54) is 17.7 Å². The molecule has 21 heavy (non-hydrogen) atoms. The molecule has 0 radical (unpaired) electrons. The van der Waals surface area contributed by atoms with E-state index in [0.717, 1.165) is 19.4 Å². The summed E-state index contributed by atoms with van der Waals surface area (Å²) in [5.41, 5.74) is 2.46. The number of nitrogens with one attached hydrogen (secondary N) is 1. The SMILES string of the molecule is CC1CCC(C)N(C(=O)C2Cc3ccccc3NC2C)C1. The Kier molecular flexibility index (Phi) is 3.92. The number of para-hydroxylation sites is 1. The van der Waals surface area contributed by atoms with Gasteiger partial charge < -0.3 is 10.2 Å². The summed E-state index contributed by atoms with van der Waals surface area (Å²) in [5.74, 6) is 1.03. The fraction of sp³-hybridized carbons (Fsp3) is 0.611. The van der Waals surface area contributed by atoms with Crippen molar-refractivity contribution in [3.05, 3.63) is 29.8 Å². The maximum absolute atomic E-state index is 13.0. The summed E-state index contributed by atoms with van der Waals surface area (Å²) < 4.78 is 0. The van der Waals surface area contributed by atoms with Crippen molar-refractivity contribution in [3.8, 4) is 0 Å². The first-order chi connectivity index (χ1) is 10.1. The minimum Gasteiger partial charge on any atom is -0.382 e. The number of hydrogen-bond acceptors (Lipinski definition) is 2. The van der Waals surface area contributed by atoms with E-state index >= 15 is 0 Å². The van der Waals surface area contributed by atoms with Crippen LogP contribution in [0.3, 0.4) is 0 Å². The highest BCUT2D eigenvalue weighted by molar-refractivity contribution is 5.82. The molecule has 0 aliphatic carbocycles. The van der Waals surface area contributed by atoms with E-state index in [1.54, 1.807) is 0 Å². The third-order valence-electron chi connectivity index (χ3n) is 5.16. The van der Waals surface area contributed by atoms with Gasteiger partial charge in [0.1, 0.15) is 0 Å². The molecule has 2 aliphatic rings. The van der Waals surface area contributed by atoms with Gasteiger partial charge in [-0.2, -0.15) is 0 Å². The van der Waals surface area contributed by atoms with Gasteiger partial charge >= 0.3 is 0 Å². The van der Waals surface area contributed by atoms with Gasteiger partial charge in [-0.05, 0) is 50.7 Å². The van der Waals surface area contributed by atoms with Crippen molar-refractivity contribution in [2.24, 2.45) is 11.8 Å². The number of amides is 1. The van der Waals surface area contributed by atoms with Gasteiger partial charge in [-0.25, -0.2) is 0 Å². The molecule has 1 N–H and O–H groups in total. The van der Waals surface area contributed by atoms with E-state index in [9.17, 15) is 4.79 Å². The van der Waals surface area contributed by atoms with Gasteiger partial charge in [-0.1, -0.05) is 25.1 Å². The zero-order valence-corrected chi connectivity index (χ0v) is 13.3. The maximum atomic E-state index is 13.0. The summed E-state index contributed by atoms with van der Waals surface area (Å²) in [6.45, 7) is 7.50. The molecule has 2 heterocycles. The van der Waals surface area contributed by atoms with Crippen molar-refractivity contribution in [3.63, 3.8) is 0 Å². The molecule has 1 fully saturated rings. The fourth-order valence-electron chi connectivity index (χ4n) is 3.71. The molecular weight excluding hydrogens is 260 g/mol. The molecule has 2 aliphatic heterocycles. The van der Waals surface area contributed by atoms with E-state index < -0.39 is 0 Å². The molecule has 0 bridgehead atoms. The Morgan fingerprint density at radius 2 is 1.95 bits per heavy atom. The van der Waals surface area contributed by atoms with Crippen LogP contribution in [0.5, 0.6) is 0 Å². The highest BCUT2D eigenvalue weighted by Crippen LogP contribution is 2.31. The molecule has 3 heteroatoms. The van der Waals surface area contributed by atoms with Crippen LogP contribution in [0, 0.1) is 11.8 Å². The number of carbonyl (C=O) groups excluding carboxylic acids is 1. The average Bonchev–Trinajstić information content (AvgIpc) is 2.48. The van der Waals surface area contributed by atoms with Crippen LogP contribution in [0.15, 0.2) is 24.3 Å². The van der Waals surface area contributed by atoms with Gasteiger partial charge in [0, 0.05) is 24.3 Å². The van der Waals surface area contributed by atoms with Crippen molar-refractivity contribution in [1.29, 1.82) is 0 Å². The second kappa shape index (κ2) is 5.70. The lowest BCUT2D eigenvalue weighted by Gasteiger charge is -2.41. The fourth-order valence-corrected chi connectivity index (χ4v) is 3.71. The van der Waals surface area contributed by atoms with Crippen molar-refractivity contribution in [2.75, 3.05) is 11.9 Å². The molecule has 1 amide bonds. The minimum atomic E-state index is 0.0626. The molecule has 4 atom stereocenters. The lowest BCUT2D eigenvalue weighted by atomic mass is 9.85. The minimum absolute atomic E-state index is 0.0626. The lowest BCUT2D eigenvalue weighted by molar-refractivity contribution is -0.140. The predicted molar refractivity (Wildman–Crippen MR) is 86.3 cm³/mol. The van der Waals surface area contributed by atoms with Gasteiger partial charge in [0.25, 0.3) is 0 Å². The molecule has 4 unspecified atom stereocenters. The van der Waals surface area contributed by atoms with Crippen LogP contribution < -0.4 is 5.32 Å². The van der Waals surface area contributed by atoms with Crippen molar-refractivity contribution >= 4 is 11.6 Å². The molecule has 1 saturated heterocycles. The van der Waals surface area contributed by atoms with Gasteiger partial charge in [0.15, 0.2) is 0 Å². The third kappa shape index (κ3) is 2.78. The van der Waals surface area contributed by atoms with E-state index in [0.29, 0.717) is 17.9 Å². The first kappa shape index (κ1) is 14.4. The Hall–Kier alpha value is -1.51. The number of piperidine rings is 1. The molecule has 0 spiro atoms. The Morgan fingerprint density at radius 3 is 2.76 bits per heavy atom. The van der Waals surface area contributed by atoms with Crippen molar-refractivity contribution in [1.82, 2.24) is 4.90 Å². The second-order valence-electron chi connectivity index (χ2n) is 6.92. The van der Waals surface area contributed by atoms with E-state index in [1.807, 2.05) is 0 Å². The van der Waals surface area contributed by atoms with Gasteiger partial charge in [0.05, 0.1) is 5.92 Å². The largest absolute Gasteiger partial charge is 0.382 e. The number of anilines is 1. The summed E-state index contributed by atoms with van der Waals surface area (Å²) in [6, 6.07) is 8.95. The monoisotopic (exact) mass is 286 g/mol. The summed E-state index contributed by atoms with van der Waals surface area (Å²) in [5, 5.41) is 3.51. The van der Waals surface area contributed by atoms with Crippen LogP contribution >= 0.6 is 0 Å². The van der Waals surface area contributed by atoms with Crippen LogP contribution in [0.1, 0.15) is 39.2 Å². The normalized spacial score (nSPS) is 32.2. The van der Waals surface area contributed by atoms with Gasteiger partial charge in [0.2, 0.25) is 5.91 Å². The lowest BCUT2D eigenvalue weighted by Crippen LogP contribution is -2.51. The molecule has 1 aromatic rings. The number of benzene rings is 1. The topological polar surface area (TPSA) is 32.3 Å². The highest BCUT2D eigenvalue weighted by atomic mass is 16.2. The van der Waals surface area contributed by atoms with Gasteiger partial charge in [-0.3, -0.25) is 4.79 Å². The zero-order chi connectivity index (χ0) is 15.0. The number of fused-ring (bicyclic) bond motifs is 1. The standard InChI is InChI=1S/C18H26N2O/c1-12-8-9-13(2)20(11-12)18(21)16-10-15-6-4-5-7-17(15)19-14(16)3/h4-7,12-14,16,19H,8-11H2,1-3H3. The molecule has 3 nitrogen and oxygen atoms in total. The maximum Gasteiger partial charge on any atom is 0.228 e. The molecule has 0 aromatic heterocycles. The highest BCUT2D eigenvalue weighted by Gasteiger charge is 2.36. The molecule has 114 valence electrons. The molecule has 3 rings (SSSR count). The summed E-state index contributed by atoms with van der Waals surface area (Å²) >= 11 is 0. The Bertz CT molecular complexity index is 528. The predicted octanol–water partition coefficient (Wildman–Crippen LogP) is 3.31. The quantitative estimate of drug-likeness (QED) is 0.859. The number of hydrogen-bond donors (Lipinski definition) is 1. The number of likely N-dealkylation sites (tertiary alicyclic amines) is 1. The molecule has 0 saturated carbocycles. The van der Waals surface area contributed by atoms with Crippen LogP contribution in [0.2, 0.25) is 0 Å². The smallest absolute Gasteiger partial charge is 0.228 e. The summed E-state index contributed by atoms with van der Waals surface area (Å²) in [4.78, 5) is 15.1. The average molecular weight is 286 g/mol. The summed E-state index contributed by atoms with van der Waals surface area (Å²) in [7, 11) is 0. The Labute approximate surface area is 127 Å². The van der Waals surface area contributed by atoms with Gasteiger partial charge in [-0.15, -0.1) is 0 Å². The van der Waals surface area contributed by atoms with Crippen LogP contribution in [-0.4, -0.2) is 29.4 Å². The van der Waals surface area contributed by atoms with E-state index in [4.69, 9.17) is 0 Å². The second-order valence-corrected chi connectivity index (χ2v) is 6.92. The van der Waals surface area contributed by atoms with E-state index in [-0.39, 0.29) is 12.0 Å². The number of rotatable bonds is 1. The molecular formula is C18H26N2O. The van der Waals surface area contributed by atoms with E-state index in [2.05, 4.69) is 55.3 Å². The zero-order valence-electron chi connectivity index (χ0n) is 13.3. The summed E-state index contributed by atoms with van der Waals surface area (Å²) in [6.07, 6.45) is 3.24. The number of nitrogens with zero attached hydrogens (tertiary/aromatic N) is 1.